The van der Waals surface area contributed by atoms with Crippen molar-refractivity contribution < 1.29 is 54.9 Å². The Labute approximate surface area is 274 Å². The number of cyclic esters (lactones) is 1. The zero-order valence-corrected chi connectivity index (χ0v) is 25.8. The zero-order valence-electron chi connectivity index (χ0n) is 25.8. The normalized spacial score (nSPS) is 19.2. The topological polar surface area (TPSA) is 89.0 Å². The van der Waals surface area contributed by atoms with Gasteiger partial charge in [0, 0.05) is 17.3 Å². The molecule has 3 atom stereocenters. The number of aromatic carboxylic acids is 1. The molecule has 0 spiro atoms. The number of alkyl halides is 7. The number of halogens is 7. The number of pyridine rings is 1. The van der Waals surface area contributed by atoms with Gasteiger partial charge in [-0.25, -0.2) is 19.0 Å². The van der Waals surface area contributed by atoms with Crippen molar-refractivity contribution in [1.29, 1.82) is 0 Å². The standard InChI is InChI=1S/C35H27F7N2O5/c1-17-9-19(32(45)46)3-5-24(17)21-13-27(31(48-2)43-16-21)25-6-4-22(34(37,38)39)14-26(25)28-7-8-29-30(49-33(47)44(28)29)20-10-18(15-36)11-23(12-20)35(40,41)42/h3-6,9-14,16,28-30H,7-8,15H2,1-2H3,(H,45,46)/t28-,29-,30+/m0/s1. The summed E-state index contributed by atoms with van der Waals surface area (Å²) in [7, 11) is 1.33. The highest BCUT2D eigenvalue weighted by atomic mass is 19.4. The molecule has 0 unspecified atom stereocenters. The van der Waals surface area contributed by atoms with Crippen LogP contribution in [0.15, 0.2) is 66.9 Å². The first kappa shape index (κ1) is 33.7. The predicted octanol–water partition coefficient (Wildman–Crippen LogP) is 9.33. The molecule has 3 aromatic carbocycles. The Hall–Kier alpha value is -5.14. The molecule has 7 nitrogen and oxygen atoms in total. The number of carbonyl (C=O) groups excluding carboxylic acids is 1. The zero-order chi connectivity index (χ0) is 35.4. The number of aryl methyl sites for hydroxylation is 1. The van der Waals surface area contributed by atoms with Gasteiger partial charge in [-0.2, -0.15) is 26.3 Å². The highest BCUT2D eigenvalue weighted by molar-refractivity contribution is 5.89. The van der Waals surface area contributed by atoms with E-state index in [-0.39, 0.29) is 52.1 Å². The van der Waals surface area contributed by atoms with Gasteiger partial charge in [0.05, 0.1) is 35.9 Å². The number of carboxylic acids is 1. The van der Waals surface area contributed by atoms with Gasteiger partial charge in [-0.05, 0) is 102 Å². The fourth-order valence-corrected chi connectivity index (χ4v) is 6.70. The Balaban J connectivity index is 1.46. The Bertz CT molecular complexity index is 1960. The van der Waals surface area contributed by atoms with Crippen molar-refractivity contribution in [3.63, 3.8) is 0 Å². The lowest BCUT2D eigenvalue weighted by Crippen LogP contribution is -2.31. The van der Waals surface area contributed by atoms with E-state index in [0.29, 0.717) is 22.8 Å². The van der Waals surface area contributed by atoms with Crippen molar-refractivity contribution in [3.8, 4) is 28.1 Å². The van der Waals surface area contributed by atoms with Gasteiger partial charge in [0.1, 0.15) is 12.8 Å². The van der Waals surface area contributed by atoms with Crippen LogP contribution in [0.1, 0.15) is 68.7 Å². The molecular formula is C35H27F7N2O5. The summed E-state index contributed by atoms with van der Waals surface area (Å²) >= 11 is 0. The third-order valence-electron chi connectivity index (χ3n) is 8.90. The van der Waals surface area contributed by atoms with Crippen molar-refractivity contribution in [2.75, 3.05) is 7.11 Å². The lowest BCUT2D eigenvalue weighted by Gasteiger charge is -2.26. The SMILES string of the molecule is COc1ncc(-c2ccc(C(=O)O)cc2C)cc1-c1ccc(C(F)(F)F)cc1[C@@H]1CC[C@H]2[C@@H](c3cc(CF)cc(C(F)(F)F)c3)OC(=O)N12. The van der Waals surface area contributed by atoms with Gasteiger partial charge >= 0.3 is 24.4 Å². The van der Waals surface area contributed by atoms with Crippen LogP contribution in [-0.2, 0) is 23.8 Å². The van der Waals surface area contributed by atoms with Gasteiger partial charge in [0.25, 0.3) is 0 Å². The second kappa shape index (κ2) is 12.4. The molecule has 256 valence electrons. The molecule has 1 amide bonds. The van der Waals surface area contributed by atoms with Crippen LogP contribution in [0.3, 0.4) is 0 Å². The number of ether oxygens (including phenoxy) is 2. The van der Waals surface area contributed by atoms with Crippen LogP contribution >= 0.6 is 0 Å². The van der Waals surface area contributed by atoms with Crippen LogP contribution < -0.4 is 4.74 Å². The molecule has 14 heteroatoms. The summed E-state index contributed by atoms with van der Waals surface area (Å²) < 4.78 is 108. The second-order valence-electron chi connectivity index (χ2n) is 11.9. The molecule has 2 aliphatic rings. The summed E-state index contributed by atoms with van der Waals surface area (Å²) in [6.07, 6.45) is -9.93. The highest BCUT2D eigenvalue weighted by Gasteiger charge is 2.51. The van der Waals surface area contributed by atoms with E-state index in [2.05, 4.69) is 4.98 Å². The molecule has 2 saturated heterocycles. The molecule has 3 heterocycles. The summed E-state index contributed by atoms with van der Waals surface area (Å²) in [4.78, 5) is 30.4. The van der Waals surface area contributed by atoms with E-state index in [1.165, 1.54) is 42.5 Å². The number of methoxy groups -OCH3 is 1. The number of hydrogen-bond acceptors (Lipinski definition) is 5. The van der Waals surface area contributed by atoms with Gasteiger partial charge in [-0.1, -0.05) is 12.1 Å². The minimum absolute atomic E-state index is 0.0590. The third-order valence-corrected chi connectivity index (χ3v) is 8.90. The minimum Gasteiger partial charge on any atom is -0.481 e. The maximum atomic E-state index is 14.1. The molecule has 49 heavy (non-hydrogen) atoms. The first-order valence-corrected chi connectivity index (χ1v) is 15.0. The molecule has 1 aromatic heterocycles. The van der Waals surface area contributed by atoms with Crippen LogP contribution in [0.25, 0.3) is 22.3 Å². The Kier molecular flexibility index (Phi) is 8.53. The largest absolute Gasteiger partial charge is 0.481 e. The van der Waals surface area contributed by atoms with Crippen molar-refractivity contribution in [3.05, 3.63) is 106 Å². The fourth-order valence-electron chi connectivity index (χ4n) is 6.70. The molecule has 4 aromatic rings. The summed E-state index contributed by atoms with van der Waals surface area (Å²) in [5.41, 5.74) is -0.0586. The molecule has 0 saturated carbocycles. The first-order valence-electron chi connectivity index (χ1n) is 15.0. The smallest absolute Gasteiger partial charge is 0.416 e. The quantitative estimate of drug-likeness (QED) is 0.195. The van der Waals surface area contributed by atoms with Crippen molar-refractivity contribution in [2.24, 2.45) is 0 Å². The van der Waals surface area contributed by atoms with Crippen molar-refractivity contribution in [2.45, 2.75) is 57.0 Å². The molecule has 1 N–H and O–H groups in total. The minimum atomic E-state index is -4.80. The third kappa shape index (κ3) is 6.27. The van der Waals surface area contributed by atoms with Crippen LogP contribution in [-0.4, -0.2) is 40.2 Å². The number of carboxylic acid groups (broad SMARTS) is 1. The van der Waals surface area contributed by atoms with Gasteiger partial charge in [0.15, 0.2) is 0 Å². The number of rotatable bonds is 7. The first-order chi connectivity index (χ1) is 23.1. The van der Waals surface area contributed by atoms with E-state index in [1.54, 1.807) is 19.1 Å². The number of amides is 1. The van der Waals surface area contributed by atoms with Crippen molar-refractivity contribution >= 4 is 12.1 Å². The number of aromatic nitrogens is 1. The molecule has 0 bridgehead atoms. The lowest BCUT2D eigenvalue weighted by atomic mass is 9.90. The average Bonchev–Trinajstić information content (AvgIpc) is 3.64. The summed E-state index contributed by atoms with van der Waals surface area (Å²) in [6, 6.07) is 9.97. The number of carbonyl (C=O) groups is 2. The van der Waals surface area contributed by atoms with Gasteiger partial charge in [-0.15, -0.1) is 0 Å². The maximum Gasteiger partial charge on any atom is 0.416 e. The Morgan fingerprint density at radius 2 is 1.65 bits per heavy atom. The number of nitrogens with zero attached hydrogens (tertiary/aromatic N) is 2. The lowest BCUT2D eigenvalue weighted by molar-refractivity contribution is -0.138. The van der Waals surface area contributed by atoms with Gasteiger partial charge in [-0.3, -0.25) is 4.90 Å². The predicted molar refractivity (Wildman–Crippen MR) is 161 cm³/mol. The van der Waals surface area contributed by atoms with E-state index in [0.717, 1.165) is 18.2 Å². The summed E-state index contributed by atoms with van der Waals surface area (Å²) in [6.45, 7) is 0.505. The van der Waals surface area contributed by atoms with Crippen LogP contribution in [0.4, 0.5) is 35.5 Å². The van der Waals surface area contributed by atoms with E-state index >= 15 is 0 Å². The summed E-state index contributed by atoms with van der Waals surface area (Å²) in [5.74, 6) is -1.06. The Morgan fingerprint density at radius 1 is 0.939 bits per heavy atom. The highest BCUT2D eigenvalue weighted by Crippen LogP contribution is 2.51. The fraction of sp³-hybridized carbons (Fsp3) is 0.286. The number of fused-ring (bicyclic) bond motifs is 1. The number of hydrogen-bond donors (Lipinski definition) is 1. The molecule has 2 aliphatic heterocycles. The molecule has 6 rings (SSSR count). The van der Waals surface area contributed by atoms with Crippen LogP contribution in [0.2, 0.25) is 0 Å². The molecule has 0 aliphatic carbocycles. The molecular weight excluding hydrogens is 661 g/mol. The van der Waals surface area contributed by atoms with E-state index in [1.807, 2.05) is 0 Å². The molecule has 2 fully saturated rings. The Morgan fingerprint density at radius 3 is 2.29 bits per heavy atom. The van der Waals surface area contributed by atoms with Gasteiger partial charge in [0.2, 0.25) is 5.88 Å². The second-order valence-corrected chi connectivity index (χ2v) is 11.9. The van der Waals surface area contributed by atoms with E-state index in [4.69, 9.17) is 9.47 Å². The van der Waals surface area contributed by atoms with Crippen LogP contribution in [0, 0.1) is 6.92 Å². The van der Waals surface area contributed by atoms with Gasteiger partial charge < -0.3 is 14.6 Å². The average molecular weight is 689 g/mol. The van der Waals surface area contributed by atoms with Crippen LogP contribution in [0.5, 0.6) is 5.88 Å². The monoisotopic (exact) mass is 688 g/mol. The number of benzene rings is 3. The van der Waals surface area contributed by atoms with Crippen molar-refractivity contribution in [1.82, 2.24) is 9.88 Å². The summed E-state index contributed by atoms with van der Waals surface area (Å²) in [5, 5.41) is 9.37. The maximum absolute atomic E-state index is 14.1. The van der Waals surface area contributed by atoms with E-state index < -0.39 is 60.4 Å². The molecule has 0 radical (unpaired) electrons. The van der Waals surface area contributed by atoms with E-state index in [9.17, 15) is 45.4 Å².